The van der Waals surface area contributed by atoms with Crippen molar-refractivity contribution in [2.45, 2.75) is 58.7 Å². The maximum Gasteiger partial charge on any atom is 0.239 e. The Morgan fingerprint density at radius 1 is 1.40 bits per heavy atom. The van der Waals surface area contributed by atoms with E-state index < -0.39 is 0 Å². The Morgan fingerprint density at radius 2 is 2.15 bits per heavy atom. The molecule has 1 atom stereocenters. The average Bonchev–Trinajstić information content (AvgIpc) is 2.92. The first-order valence-electron chi connectivity index (χ1n) is 7.75. The first-order chi connectivity index (χ1) is 9.72. The molecule has 1 unspecified atom stereocenters. The van der Waals surface area contributed by atoms with Gasteiger partial charge in [0.2, 0.25) is 5.91 Å². The van der Waals surface area contributed by atoms with E-state index in [1.165, 1.54) is 6.42 Å². The Balaban J connectivity index is 1.83. The number of nitrogens with zero attached hydrogens (tertiary/aromatic N) is 3. The van der Waals surface area contributed by atoms with E-state index in [0.717, 1.165) is 44.6 Å². The number of aromatic nitrogens is 2. The molecule has 0 saturated carbocycles. The van der Waals surface area contributed by atoms with E-state index in [9.17, 15) is 4.79 Å². The molecule has 0 aromatic carbocycles. The molecule has 112 valence electrons. The zero-order valence-electron chi connectivity index (χ0n) is 12.6. The van der Waals surface area contributed by atoms with Crippen LogP contribution in [0, 0.1) is 0 Å². The van der Waals surface area contributed by atoms with E-state index in [1.54, 1.807) is 0 Å². The highest BCUT2D eigenvalue weighted by molar-refractivity contribution is 5.81. The van der Waals surface area contributed by atoms with Crippen LogP contribution in [0.3, 0.4) is 0 Å². The van der Waals surface area contributed by atoms with Gasteiger partial charge in [0.25, 0.3) is 0 Å². The van der Waals surface area contributed by atoms with Gasteiger partial charge in [0, 0.05) is 32.4 Å². The molecular formula is C15H26N4O. The largest absolute Gasteiger partial charge is 0.341 e. The molecular weight excluding hydrogens is 252 g/mol. The van der Waals surface area contributed by atoms with Gasteiger partial charge in [-0.2, -0.15) is 5.10 Å². The Labute approximate surface area is 121 Å². The molecule has 20 heavy (non-hydrogen) atoms. The Morgan fingerprint density at radius 3 is 2.85 bits per heavy atom. The van der Waals surface area contributed by atoms with Gasteiger partial charge in [-0.3, -0.25) is 9.48 Å². The fraction of sp³-hybridized carbons (Fsp3) is 0.733. The first kappa shape index (κ1) is 15.0. The molecule has 1 aromatic rings. The van der Waals surface area contributed by atoms with Crippen molar-refractivity contribution in [1.82, 2.24) is 20.0 Å². The van der Waals surface area contributed by atoms with E-state index in [4.69, 9.17) is 0 Å². The van der Waals surface area contributed by atoms with E-state index in [-0.39, 0.29) is 11.9 Å². The van der Waals surface area contributed by atoms with Crippen LogP contribution in [0.1, 0.15) is 45.2 Å². The summed E-state index contributed by atoms with van der Waals surface area (Å²) in [7, 11) is 0. The molecule has 2 rings (SSSR count). The van der Waals surface area contributed by atoms with Crippen LogP contribution in [-0.2, 0) is 17.9 Å². The lowest BCUT2D eigenvalue weighted by atomic mass is 10.1. The summed E-state index contributed by atoms with van der Waals surface area (Å²) in [4.78, 5) is 14.3. The molecule has 1 aromatic heterocycles. The van der Waals surface area contributed by atoms with E-state index in [1.807, 2.05) is 28.8 Å². The monoisotopic (exact) mass is 278 g/mol. The molecule has 0 bridgehead atoms. The fourth-order valence-electron chi connectivity index (χ4n) is 2.66. The topological polar surface area (TPSA) is 50.2 Å². The van der Waals surface area contributed by atoms with Crippen molar-refractivity contribution >= 4 is 5.91 Å². The summed E-state index contributed by atoms with van der Waals surface area (Å²) >= 11 is 0. The molecule has 1 fully saturated rings. The zero-order valence-corrected chi connectivity index (χ0v) is 12.6. The smallest absolute Gasteiger partial charge is 0.239 e. The number of nitrogens with one attached hydrogen (secondary N) is 1. The predicted molar refractivity (Wildman–Crippen MR) is 79.3 cm³/mol. The Hall–Kier alpha value is -1.36. The molecule has 0 radical (unpaired) electrons. The minimum Gasteiger partial charge on any atom is -0.341 e. The standard InChI is InChI=1S/C15H26N4O/c1-3-9-19-14(7-8-17-19)12-16-13(2)15(20)18-10-5-4-6-11-18/h7-8,13,16H,3-6,9-12H2,1-2H3. The van der Waals surface area contributed by atoms with Crippen molar-refractivity contribution in [1.29, 1.82) is 0 Å². The normalized spacial score (nSPS) is 17.2. The van der Waals surface area contributed by atoms with Gasteiger partial charge < -0.3 is 10.2 Å². The second-order valence-electron chi connectivity index (χ2n) is 5.53. The van der Waals surface area contributed by atoms with Crippen LogP contribution in [0.2, 0.25) is 0 Å². The lowest BCUT2D eigenvalue weighted by Crippen LogP contribution is -2.46. The van der Waals surface area contributed by atoms with E-state index in [0.29, 0.717) is 6.54 Å². The van der Waals surface area contributed by atoms with Gasteiger partial charge in [-0.15, -0.1) is 0 Å². The van der Waals surface area contributed by atoms with Gasteiger partial charge in [0.15, 0.2) is 0 Å². The van der Waals surface area contributed by atoms with Gasteiger partial charge >= 0.3 is 0 Å². The summed E-state index contributed by atoms with van der Waals surface area (Å²) in [5.74, 6) is 0.228. The van der Waals surface area contributed by atoms with Crippen molar-refractivity contribution in [2.24, 2.45) is 0 Å². The number of piperidine rings is 1. The number of aryl methyl sites for hydroxylation is 1. The minimum atomic E-state index is -0.127. The molecule has 0 spiro atoms. The third-order valence-corrected chi connectivity index (χ3v) is 3.87. The lowest BCUT2D eigenvalue weighted by Gasteiger charge is -2.29. The SMILES string of the molecule is CCCn1nccc1CNC(C)C(=O)N1CCCCC1. The molecule has 5 heteroatoms. The minimum absolute atomic E-state index is 0.127. The molecule has 5 nitrogen and oxygen atoms in total. The van der Waals surface area contributed by atoms with E-state index >= 15 is 0 Å². The summed E-state index contributed by atoms with van der Waals surface area (Å²) in [6.07, 6.45) is 6.42. The Kier molecular flexibility index (Phi) is 5.59. The highest BCUT2D eigenvalue weighted by atomic mass is 16.2. The highest BCUT2D eigenvalue weighted by Crippen LogP contribution is 2.10. The number of likely N-dealkylation sites (tertiary alicyclic amines) is 1. The quantitative estimate of drug-likeness (QED) is 0.863. The van der Waals surface area contributed by atoms with Gasteiger partial charge in [0.1, 0.15) is 0 Å². The molecule has 1 saturated heterocycles. The van der Waals surface area contributed by atoms with E-state index in [2.05, 4.69) is 17.3 Å². The average molecular weight is 278 g/mol. The third kappa shape index (κ3) is 3.82. The second kappa shape index (κ2) is 7.43. The fourth-order valence-corrected chi connectivity index (χ4v) is 2.66. The van der Waals surface area contributed by atoms with Crippen molar-refractivity contribution in [3.05, 3.63) is 18.0 Å². The van der Waals surface area contributed by atoms with Crippen molar-refractivity contribution < 1.29 is 4.79 Å². The van der Waals surface area contributed by atoms with Gasteiger partial charge in [-0.25, -0.2) is 0 Å². The summed E-state index contributed by atoms with van der Waals surface area (Å²) in [6, 6.07) is 1.89. The number of hydrogen-bond acceptors (Lipinski definition) is 3. The van der Waals surface area contributed by atoms with Crippen LogP contribution in [0.15, 0.2) is 12.3 Å². The molecule has 1 amide bonds. The molecule has 1 aliphatic heterocycles. The Bertz CT molecular complexity index is 423. The van der Waals surface area contributed by atoms with Crippen LogP contribution < -0.4 is 5.32 Å². The highest BCUT2D eigenvalue weighted by Gasteiger charge is 2.21. The molecule has 2 heterocycles. The number of rotatable bonds is 6. The van der Waals surface area contributed by atoms with Crippen LogP contribution >= 0.6 is 0 Å². The second-order valence-corrected chi connectivity index (χ2v) is 5.53. The van der Waals surface area contributed by atoms with Crippen LogP contribution in [0.4, 0.5) is 0 Å². The summed E-state index contributed by atoms with van der Waals surface area (Å²) in [5, 5.41) is 7.63. The van der Waals surface area contributed by atoms with Crippen molar-refractivity contribution in [3.63, 3.8) is 0 Å². The summed E-state index contributed by atoms with van der Waals surface area (Å²) < 4.78 is 2.01. The third-order valence-electron chi connectivity index (χ3n) is 3.87. The first-order valence-corrected chi connectivity index (χ1v) is 7.75. The molecule has 1 N–H and O–H groups in total. The maximum atomic E-state index is 12.3. The lowest BCUT2D eigenvalue weighted by molar-refractivity contribution is -0.133. The predicted octanol–water partition coefficient (Wildman–Crippen LogP) is 1.78. The van der Waals surface area contributed by atoms with Crippen LogP contribution in [-0.4, -0.2) is 39.7 Å². The summed E-state index contributed by atoms with van der Waals surface area (Å²) in [5.41, 5.74) is 1.14. The number of hydrogen-bond donors (Lipinski definition) is 1. The molecule has 0 aliphatic carbocycles. The molecule has 1 aliphatic rings. The number of carbonyl (C=O) groups excluding carboxylic acids is 1. The number of amides is 1. The van der Waals surface area contributed by atoms with Crippen molar-refractivity contribution in [3.8, 4) is 0 Å². The van der Waals surface area contributed by atoms with Crippen LogP contribution in [0.5, 0.6) is 0 Å². The van der Waals surface area contributed by atoms with Gasteiger partial charge in [-0.1, -0.05) is 6.92 Å². The zero-order chi connectivity index (χ0) is 14.4. The van der Waals surface area contributed by atoms with Gasteiger partial charge in [-0.05, 0) is 38.7 Å². The van der Waals surface area contributed by atoms with Gasteiger partial charge in [0.05, 0.1) is 11.7 Å². The van der Waals surface area contributed by atoms with Crippen LogP contribution in [0.25, 0.3) is 0 Å². The maximum absolute atomic E-state index is 12.3. The summed E-state index contributed by atoms with van der Waals surface area (Å²) in [6.45, 7) is 7.55. The van der Waals surface area contributed by atoms with Crippen molar-refractivity contribution in [2.75, 3.05) is 13.1 Å². The number of carbonyl (C=O) groups is 1.